The van der Waals surface area contributed by atoms with E-state index < -0.39 is 10.0 Å². The van der Waals surface area contributed by atoms with Crippen LogP contribution in [0.3, 0.4) is 0 Å². The number of hydrogen-bond donors (Lipinski definition) is 2. The van der Waals surface area contributed by atoms with Gasteiger partial charge in [0.1, 0.15) is 4.90 Å². The van der Waals surface area contributed by atoms with Gasteiger partial charge in [-0.15, -0.1) is 0 Å². The van der Waals surface area contributed by atoms with E-state index in [2.05, 4.69) is 21.9 Å². The number of benzene rings is 1. The molecule has 0 radical (unpaired) electrons. The molecular formula is C25H31N3O3S. The van der Waals surface area contributed by atoms with Crippen LogP contribution in [-0.2, 0) is 16.6 Å². The van der Waals surface area contributed by atoms with Gasteiger partial charge in [0.05, 0.1) is 23.9 Å². The summed E-state index contributed by atoms with van der Waals surface area (Å²) in [5, 5.41) is 3.53. The summed E-state index contributed by atoms with van der Waals surface area (Å²) in [6, 6.07) is 12.5. The van der Waals surface area contributed by atoms with Crippen molar-refractivity contribution in [2.24, 2.45) is 11.8 Å². The first kappa shape index (κ1) is 22.6. The van der Waals surface area contributed by atoms with Crippen molar-refractivity contribution in [3.63, 3.8) is 0 Å². The maximum absolute atomic E-state index is 13.0. The highest BCUT2D eigenvalue weighted by Crippen LogP contribution is 2.29. The highest BCUT2D eigenvalue weighted by atomic mass is 32.2. The van der Waals surface area contributed by atoms with Crippen LogP contribution in [0.5, 0.6) is 0 Å². The van der Waals surface area contributed by atoms with Crippen LogP contribution in [0.25, 0.3) is 11.3 Å². The fourth-order valence-corrected chi connectivity index (χ4v) is 5.45. The van der Waals surface area contributed by atoms with Crippen molar-refractivity contribution in [2.45, 2.75) is 50.5 Å². The van der Waals surface area contributed by atoms with Crippen molar-refractivity contribution in [3.05, 3.63) is 66.8 Å². The molecule has 0 spiro atoms. The van der Waals surface area contributed by atoms with Crippen molar-refractivity contribution in [1.82, 2.24) is 10.3 Å². The zero-order valence-electron chi connectivity index (χ0n) is 18.5. The van der Waals surface area contributed by atoms with Gasteiger partial charge in [-0.2, -0.15) is 0 Å². The summed E-state index contributed by atoms with van der Waals surface area (Å²) in [6.45, 7) is 3.87. The standard InChI is InChI=1S/C25H31N3O3S/c1-19(20-7-3-2-4-8-20)15-26-16-21-9-5-6-10-25(21)28-32(29,30)23-11-12-24(27-17-23)22-13-14-31-18-22/h5-6,9-14,17-20,26,28H,2-4,7-8,15-16H2,1H3. The minimum atomic E-state index is -3.74. The molecule has 2 N–H and O–H groups in total. The lowest BCUT2D eigenvalue weighted by Gasteiger charge is -2.28. The van der Waals surface area contributed by atoms with Crippen molar-refractivity contribution >= 4 is 15.7 Å². The summed E-state index contributed by atoms with van der Waals surface area (Å²) in [5.41, 5.74) is 2.98. The molecule has 4 rings (SSSR count). The summed E-state index contributed by atoms with van der Waals surface area (Å²) < 4.78 is 33.7. The van der Waals surface area contributed by atoms with Crippen LogP contribution >= 0.6 is 0 Å². The summed E-state index contributed by atoms with van der Waals surface area (Å²) in [5.74, 6) is 1.42. The molecule has 2 aromatic heterocycles. The topological polar surface area (TPSA) is 84.2 Å². The third kappa shape index (κ3) is 5.58. The minimum absolute atomic E-state index is 0.124. The molecule has 1 fully saturated rings. The van der Waals surface area contributed by atoms with E-state index in [1.807, 2.05) is 18.2 Å². The molecule has 2 heterocycles. The number of hydrogen-bond acceptors (Lipinski definition) is 5. The number of nitrogens with zero attached hydrogens (tertiary/aromatic N) is 1. The summed E-state index contributed by atoms with van der Waals surface area (Å²) in [6.07, 6.45) is 11.2. The third-order valence-electron chi connectivity index (χ3n) is 6.36. The third-order valence-corrected chi connectivity index (χ3v) is 7.71. The molecule has 3 aromatic rings. The molecule has 0 amide bonds. The van der Waals surface area contributed by atoms with Gasteiger partial charge in [0.25, 0.3) is 10.0 Å². The Bertz CT molecular complexity index is 1090. The lowest BCUT2D eigenvalue weighted by molar-refractivity contribution is 0.256. The molecular weight excluding hydrogens is 422 g/mol. The molecule has 0 aliphatic heterocycles. The molecule has 1 unspecified atom stereocenters. The van der Waals surface area contributed by atoms with Crippen LogP contribution in [-0.4, -0.2) is 19.9 Å². The second kappa shape index (κ2) is 10.3. The van der Waals surface area contributed by atoms with Crippen LogP contribution in [0.4, 0.5) is 5.69 Å². The first-order chi connectivity index (χ1) is 15.5. The largest absolute Gasteiger partial charge is 0.472 e. The Morgan fingerprint density at radius 1 is 1.09 bits per heavy atom. The normalized spacial score (nSPS) is 16.0. The quantitative estimate of drug-likeness (QED) is 0.450. The second-order valence-electron chi connectivity index (χ2n) is 8.66. The Balaban J connectivity index is 1.39. The fourth-order valence-electron chi connectivity index (χ4n) is 4.40. The van der Waals surface area contributed by atoms with Gasteiger partial charge in [0.15, 0.2) is 0 Å². The first-order valence-corrected chi connectivity index (χ1v) is 12.8. The van der Waals surface area contributed by atoms with E-state index in [1.54, 1.807) is 36.8 Å². The Morgan fingerprint density at radius 3 is 2.62 bits per heavy atom. The van der Waals surface area contributed by atoms with E-state index in [1.165, 1.54) is 38.3 Å². The number of pyridine rings is 1. The van der Waals surface area contributed by atoms with E-state index in [9.17, 15) is 8.42 Å². The average molecular weight is 454 g/mol. The van der Waals surface area contributed by atoms with Gasteiger partial charge >= 0.3 is 0 Å². The lowest BCUT2D eigenvalue weighted by atomic mass is 9.81. The van der Waals surface area contributed by atoms with Crippen LogP contribution in [0, 0.1) is 11.8 Å². The molecule has 0 bridgehead atoms. The van der Waals surface area contributed by atoms with Gasteiger partial charge in [-0.1, -0.05) is 57.2 Å². The van der Waals surface area contributed by atoms with Crippen molar-refractivity contribution in [1.29, 1.82) is 0 Å². The number of anilines is 1. The van der Waals surface area contributed by atoms with E-state index in [0.717, 1.165) is 23.6 Å². The maximum atomic E-state index is 13.0. The number of aromatic nitrogens is 1. The fraction of sp³-hybridized carbons (Fsp3) is 0.400. The molecule has 6 nitrogen and oxygen atoms in total. The zero-order chi connectivity index (χ0) is 22.4. The van der Waals surface area contributed by atoms with E-state index in [0.29, 0.717) is 23.8 Å². The summed E-state index contributed by atoms with van der Waals surface area (Å²) in [7, 11) is -3.74. The Hall–Kier alpha value is -2.64. The average Bonchev–Trinajstić information content (AvgIpc) is 3.36. The molecule has 170 valence electrons. The Labute approximate surface area is 190 Å². The number of furan rings is 1. The van der Waals surface area contributed by atoms with Crippen LogP contribution in [0.1, 0.15) is 44.6 Å². The Kier molecular flexibility index (Phi) is 7.27. The number of para-hydroxylation sites is 1. The molecule has 7 heteroatoms. The minimum Gasteiger partial charge on any atom is -0.472 e. The highest BCUT2D eigenvalue weighted by Gasteiger charge is 2.20. The SMILES string of the molecule is CC(CNCc1ccccc1NS(=O)(=O)c1ccc(-c2ccoc2)nc1)C1CCCCC1. The highest BCUT2D eigenvalue weighted by molar-refractivity contribution is 7.92. The smallest absolute Gasteiger partial charge is 0.263 e. The predicted octanol–water partition coefficient (Wildman–Crippen LogP) is 5.45. The van der Waals surface area contributed by atoms with Gasteiger partial charge in [0, 0.05) is 18.3 Å². The van der Waals surface area contributed by atoms with Gasteiger partial charge in [0.2, 0.25) is 0 Å². The number of nitrogens with one attached hydrogen (secondary N) is 2. The molecule has 1 aromatic carbocycles. The number of rotatable bonds is 9. The maximum Gasteiger partial charge on any atom is 0.263 e. The molecule has 1 atom stereocenters. The van der Waals surface area contributed by atoms with Gasteiger partial charge in [-0.25, -0.2) is 8.42 Å². The van der Waals surface area contributed by atoms with Crippen molar-refractivity contribution in [2.75, 3.05) is 11.3 Å². The van der Waals surface area contributed by atoms with Gasteiger partial charge in [-0.05, 0) is 48.2 Å². The monoisotopic (exact) mass is 453 g/mol. The number of sulfonamides is 1. The molecule has 1 aliphatic rings. The van der Waals surface area contributed by atoms with E-state index in [4.69, 9.17) is 4.42 Å². The van der Waals surface area contributed by atoms with Crippen molar-refractivity contribution < 1.29 is 12.8 Å². The first-order valence-electron chi connectivity index (χ1n) is 11.3. The van der Waals surface area contributed by atoms with Crippen LogP contribution in [0.2, 0.25) is 0 Å². The van der Waals surface area contributed by atoms with Gasteiger partial charge < -0.3 is 9.73 Å². The molecule has 0 saturated heterocycles. The summed E-state index contributed by atoms with van der Waals surface area (Å²) >= 11 is 0. The van der Waals surface area contributed by atoms with Crippen LogP contribution in [0.15, 0.2) is 70.5 Å². The van der Waals surface area contributed by atoms with Gasteiger partial charge in [-0.3, -0.25) is 9.71 Å². The van der Waals surface area contributed by atoms with Crippen molar-refractivity contribution in [3.8, 4) is 11.3 Å². The lowest BCUT2D eigenvalue weighted by Crippen LogP contribution is -2.27. The van der Waals surface area contributed by atoms with Crippen LogP contribution < -0.4 is 10.0 Å². The zero-order valence-corrected chi connectivity index (χ0v) is 19.3. The molecule has 1 saturated carbocycles. The molecule has 32 heavy (non-hydrogen) atoms. The predicted molar refractivity (Wildman–Crippen MR) is 127 cm³/mol. The summed E-state index contributed by atoms with van der Waals surface area (Å²) in [4.78, 5) is 4.40. The molecule has 1 aliphatic carbocycles. The van der Waals surface area contributed by atoms with E-state index >= 15 is 0 Å². The van der Waals surface area contributed by atoms with E-state index in [-0.39, 0.29) is 4.90 Å². The Morgan fingerprint density at radius 2 is 1.91 bits per heavy atom. The second-order valence-corrected chi connectivity index (χ2v) is 10.3.